The van der Waals surface area contributed by atoms with Crippen LogP contribution in [0.5, 0.6) is 5.75 Å². The molecule has 0 saturated heterocycles. The number of halogens is 1. The summed E-state index contributed by atoms with van der Waals surface area (Å²) >= 11 is 5.95. The third kappa shape index (κ3) is 6.24. The van der Waals surface area contributed by atoms with E-state index in [4.69, 9.17) is 16.3 Å². The van der Waals surface area contributed by atoms with E-state index in [2.05, 4.69) is 24.3 Å². The van der Waals surface area contributed by atoms with Crippen LogP contribution >= 0.6 is 11.6 Å². The van der Waals surface area contributed by atoms with E-state index in [1.165, 1.54) is 0 Å². The second kappa shape index (κ2) is 8.35. The molecule has 18 heavy (non-hydrogen) atoms. The molecule has 0 amide bonds. The zero-order valence-electron chi connectivity index (χ0n) is 11.5. The Bertz CT molecular complexity index is 356. The molecule has 0 atom stereocenters. The van der Waals surface area contributed by atoms with Crippen LogP contribution in [0.2, 0.25) is 5.02 Å². The minimum atomic E-state index is 0.684. The lowest BCUT2D eigenvalue weighted by molar-refractivity contribution is 0.311. The van der Waals surface area contributed by atoms with Crippen molar-refractivity contribution in [1.82, 2.24) is 10.2 Å². The molecule has 0 aromatic heterocycles. The van der Waals surface area contributed by atoms with Crippen LogP contribution in [0.15, 0.2) is 18.2 Å². The predicted octanol–water partition coefficient (Wildman–Crippen LogP) is 2.57. The van der Waals surface area contributed by atoms with Crippen molar-refractivity contribution >= 4 is 11.6 Å². The number of aryl methyl sites for hydroxylation is 1. The highest BCUT2D eigenvalue weighted by Gasteiger charge is 1.98. The molecular weight excluding hydrogens is 248 g/mol. The molecule has 0 bridgehead atoms. The van der Waals surface area contributed by atoms with Crippen LogP contribution in [-0.2, 0) is 0 Å². The van der Waals surface area contributed by atoms with Crippen LogP contribution in [-0.4, -0.2) is 45.2 Å². The molecule has 0 heterocycles. The molecule has 0 unspecified atom stereocenters. The second-order valence-corrected chi connectivity index (χ2v) is 5.07. The summed E-state index contributed by atoms with van der Waals surface area (Å²) in [7, 11) is 4.18. The third-order valence-electron chi connectivity index (χ3n) is 2.64. The van der Waals surface area contributed by atoms with Gasteiger partial charge in [0.05, 0.1) is 0 Å². The number of nitrogens with zero attached hydrogens (tertiary/aromatic N) is 1. The van der Waals surface area contributed by atoms with Crippen molar-refractivity contribution in [1.29, 1.82) is 0 Å². The van der Waals surface area contributed by atoms with Gasteiger partial charge in [-0.2, -0.15) is 0 Å². The molecular formula is C14H23ClN2O. The zero-order chi connectivity index (χ0) is 13.4. The number of ether oxygens (including phenoxy) is 1. The summed E-state index contributed by atoms with van der Waals surface area (Å²) in [6, 6.07) is 5.74. The van der Waals surface area contributed by atoms with Crippen LogP contribution in [0.3, 0.4) is 0 Å². The first kappa shape index (κ1) is 15.3. The Morgan fingerprint density at radius 1 is 1.28 bits per heavy atom. The maximum Gasteiger partial charge on any atom is 0.119 e. The van der Waals surface area contributed by atoms with Gasteiger partial charge in [-0.05, 0) is 64.3 Å². The van der Waals surface area contributed by atoms with E-state index >= 15 is 0 Å². The first-order chi connectivity index (χ1) is 8.59. The summed E-state index contributed by atoms with van der Waals surface area (Å²) < 4.78 is 5.64. The fraction of sp³-hybridized carbons (Fsp3) is 0.571. The van der Waals surface area contributed by atoms with Gasteiger partial charge in [-0.15, -0.1) is 0 Å². The SMILES string of the molecule is Cc1cc(OCCNCCCN(C)C)ccc1Cl. The van der Waals surface area contributed by atoms with E-state index in [1.54, 1.807) is 0 Å². The minimum Gasteiger partial charge on any atom is -0.492 e. The van der Waals surface area contributed by atoms with Crippen molar-refractivity contribution in [2.24, 2.45) is 0 Å². The van der Waals surface area contributed by atoms with Crippen LogP contribution in [0.4, 0.5) is 0 Å². The highest BCUT2D eigenvalue weighted by Crippen LogP contribution is 2.20. The Labute approximate surface area is 115 Å². The number of hydrogen-bond acceptors (Lipinski definition) is 3. The maximum atomic E-state index is 5.95. The molecule has 0 radical (unpaired) electrons. The highest BCUT2D eigenvalue weighted by molar-refractivity contribution is 6.31. The van der Waals surface area contributed by atoms with Crippen LogP contribution in [0.25, 0.3) is 0 Å². The van der Waals surface area contributed by atoms with Crippen molar-refractivity contribution < 1.29 is 4.74 Å². The minimum absolute atomic E-state index is 0.684. The molecule has 1 rings (SSSR count). The van der Waals surface area contributed by atoms with E-state index in [1.807, 2.05) is 25.1 Å². The maximum absolute atomic E-state index is 5.95. The normalized spacial score (nSPS) is 10.9. The van der Waals surface area contributed by atoms with Gasteiger partial charge in [-0.1, -0.05) is 11.6 Å². The number of rotatable bonds is 8. The van der Waals surface area contributed by atoms with E-state index < -0.39 is 0 Å². The van der Waals surface area contributed by atoms with E-state index in [0.29, 0.717) is 6.61 Å². The van der Waals surface area contributed by atoms with Crippen molar-refractivity contribution in [2.75, 3.05) is 40.3 Å². The summed E-state index contributed by atoms with van der Waals surface area (Å²) in [4.78, 5) is 2.19. The lowest BCUT2D eigenvalue weighted by atomic mass is 10.2. The van der Waals surface area contributed by atoms with Gasteiger partial charge in [-0.3, -0.25) is 0 Å². The first-order valence-electron chi connectivity index (χ1n) is 6.34. The van der Waals surface area contributed by atoms with Gasteiger partial charge in [0.25, 0.3) is 0 Å². The van der Waals surface area contributed by atoms with Gasteiger partial charge in [-0.25, -0.2) is 0 Å². The van der Waals surface area contributed by atoms with Gasteiger partial charge in [0, 0.05) is 11.6 Å². The molecule has 0 fully saturated rings. The largest absolute Gasteiger partial charge is 0.492 e. The molecule has 1 N–H and O–H groups in total. The van der Waals surface area contributed by atoms with Crippen LogP contribution in [0.1, 0.15) is 12.0 Å². The lowest BCUT2D eigenvalue weighted by Gasteiger charge is -2.11. The molecule has 0 saturated carbocycles. The predicted molar refractivity (Wildman–Crippen MR) is 77.7 cm³/mol. The van der Waals surface area contributed by atoms with E-state index in [9.17, 15) is 0 Å². The highest BCUT2D eigenvalue weighted by atomic mass is 35.5. The van der Waals surface area contributed by atoms with Crippen molar-refractivity contribution in [3.8, 4) is 5.75 Å². The number of nitrogens with one attached hydrogen (secondary N) is 1. The van der Waals surface area contributed by atoms with E-state index in [-0.39, 0.29) is 0 Å². The van der Waals surface area contributed by atoms with Crippen LogP contribution < -0.4 is 10.1 Å². The fourth-order valence-electron chi connectivity index (χ4n) is 1.59. The Morgan fingerprint density at radius 3 is 2.72 bits per heavy atom. The second-order valence-electron chi connectivity index (χ2n) is 4.67. The zero-order valence-corrected chi connectivity index (χ0v) is 12.3. The average molecular weight is 271 g/mol. The summed E-state index contributed by atoms with van der Waals surface area (Å²) in [5, 5.41) is 4.14. The molecule has 102 valence electrons. The quantitative estimate of drug-likeness (QED) is 0.735. The van der Waals surface area contributed by atoms with Crippen molar-refractivity contribution in [2.45, 2.75) is 13.3 Å². The number of hydrogen-bond donors (Lipinski definition) is 1. The fourth-order valence-corrected chi connectivity index (χ4v) is 1.71. The summed E-state index contributed by atoms with van der Waals surface area (Å²) in [6.45, 7) is 5.68. The smallest absolute Gasteiger partial charge is 0.119 e. The van der Waals surface area contributed by atoms with Crippen molar-refractivity contribution in [3.63, 3.8) is 0 Å². The summed E-state index contributed by atoms with van der Waals surface area (Å²) in [6.07, 6.45) is 1.16. The molecule has 0 spiro atoms. The Morgan fingerprint density at radius 2 is 2.06 bits per heavy atom. The third-order valence-corrected chi connectivity index (χ3v) is 3.06. The number of benzene rings is 1. The van der Waals surface area contributed by atoms with Gasteiger partial charge in [0.15, 0.2) is 0 Å². The average Bonchev–Trinajstić information content (AvgIpc) is 2.32. The van der Waals surface area contributed by atoms with Gasteiger partial charge in [0.1, 0.15) is 12.4 Å². The van der Waals surface area contributed by atoms with Gasteiger partial charge < -0.3 is 15.0 Å². The Hall–Kier alpha value is -0.770. The molecule has 0 aliphatic carbocycles. The van der Waals surface area contributed by atoms with E-state index in [0.717, 1.165) is 42.4 Å². The Balaban J connectivity index is 2.09. The molecule has 1 aromatic rings. The Kier molecular flexibility index (Phi) is 7.09. The molecule has 4 heteroatoms. The molecule has 0 aliphatic heterocycles. The van der Waals surface area contributed by atoms with Crippen molar-refractivity contribution in [3.05, 3.63) is 28.8 Å². The van der Waals surface area contributed by atoms with Gasteiger partial charge in [0.2, 0.25) is 0 Å². The lowest BCUT2D eigenvalue weighted by Crippen LogP contribution is -2.25. The summed E-state index contributed by atoms with van der Waals surface area (Å²) in [5.74, 6) is 0.881. The molecule has 0 aliphatic rings. The first-order valence-corrected chi connectivity index (χ1v) is 6.72. The van der Waals surface area contributed by atoms with Crippen LogP contribution in [0, 0.1) is 6.92 Å². The standard InChI is InChI=1S/C14H23ClN2O/c1-12-11-13(5-6-14(12)15)18-10-8-16-7-4-9-17(2)3/h5-6,11,16H,4,7-10H2,1-3H3. The molecule has 3 nitrogen and oxygen atoms in total. The molecule has 1 aromatic carbocycles. The summed E-state index contributed by atoms with van der Waals surface area (Å²) in [5.41, 5.74) is 1.05. The van der Waals surface area contributed by atoms with Gasteiger partial charge >= 0.3 is 0 Å². The monoisotopic (exact) mass is 270 g/mol. The topological polar surface area (TPSA) is 24.5 Å².